The van der Waals surface area contributed by atoms with Crippen LogP contribution < -0.4 is 0 Å². The van der Waals surface area contributed by atoms with Gasteiger partial charge in [0, 0.05) is 41.7 Å². The molecule has 2 bridgehead atoms. The molecule has 66 heavy (non-hydrogen) atoms. The highest BCUT2D eigenvalue weighted by molar-refractivity contribution is 6.32. The molecule has 1 spiro atoms. The van der Waals surface area contributed by atoms with Crippen LogP contribution in [0.25, 0.3) is 0 Å². The Balaban J connectivity index is 0.954. The molecule has 1 unspecified atom stereocenters. The predicted octanol–water partition coefficient (Wildman–Crippen LogP) is 6.66. The van der Waals surface area contributed by atoms with Crippen molar-refractivity contribution in [3.05, 3.63) is 75.8 Å². The van der Waals surface area contributed by atoms with E-state index in [1.165, 1.54) is 18.2 Å². The van der Waals surface area contributed by atoms with Crippen LogP contribution in [0.15, 0.2) is 59.6 Å². The van der Waals surface area contributed by atoms with Gasteiger partial charge >= 0.3 is 23.9 Å². The quantitative estimate of drug-likeness (QED) is 0.109. The van der Waals surface area contributed by atoms with Crippen molar-refractivity contribution in [3.8, 4) is 5.75 Å². The van der Waals surface area contributed by atoms with E-state index in [-0.39, 0.29) is 58.9 Å². The van der Waals surface area contributed by atoms with E-state index in [0.717, 1.165) is 12.8 Å². The summed E-state index contributed by atoms with van der Waals surface area (Å²) in [5.74, 6) is -7.22. The third kappa shape index (κ3) is 8.83. The summed E-state index contributed by atoms with van der Waals surface area (Å²) in [5.41, 5.74) is -2.41. The molecule has 0 amide bonds. The molecule has 1 aromatic carbocycles. The van der Waals surface area contributed by atoms with Crippen molar-refractivity contribution in [2.75, 3.05) is 0 Å². The first-order valence-corrected chi connectivity index (χ1v) is 23.6. The van der Waals surface area contributed by atoms with Gasteiger partial charge in [0.1, 0.15) is 29.6 Å². The molecule has 0 aromatic heterocycles. The molecular weight excluding hydrogens is 880 g/mol. The van der Waals surface area contributed by atoms with Crippen molar-refractivity contribution in [3.63, 3.8) is 0 Å². The third-order valence-corrected chi connectivity index (χ3v) is 15.7. The number of esters is 3. The van der Waals surface area contributed by atoms with Crippen LogP contribution in [-0.4, -0.2) is 110 Å². The Hall–Kier alpha value is -4.29. The normalized spacial score (nSPS) is 40.9. The number of aliphatic hydroxyl groups excluding tert-OH is 3. The monoisotopic (exact) mass is 940 g/mol. The van der Waals surface area contributed by atoms with Gasteiger partial charge in [-0.25, -0.2) is 14.4 Å². The van der Waals surface area contributed by atoms with Gasteiger partial charge in [-0.15, -0.1) is 0 Å². The number of allylic oxidation sites excluding steroid dienone is 2. The van der Waals surface area contributed by atoms with Crippen molar-refractivity contribution >= 4 is 35.5 Å². The number of benzene rings is 1. The standard InChI is InChI=1S/C49H61ClO16/c1-23-22-49-28(19-30(23)44(55)56)12-9-7-6-8-11-27-15-16-29-31(48(27,5)47(59)65-42(43(49)54)46(58)66-49)13-10-14-35(29)62-37-20-34(52)41(26(4)61-37)64-38-21-36(40(53)25(3)60-38)63-45(57)39-24(2)32(50)17-18-33(39)51/h9,12,15-19,23,25-29,31,34-38,40-41,51-54H,6-8,10-11,13-14,20-22H2,1-5H3,(H,55,56)/b12-9-/t23-,25-,26-,27-,28-,29+,31-,34-,35+,36-,37+,38+,40-,41-,48-,49?/m1/s1. The minimum Gasteiger partial charge on any atom is -0.507 e. The first-order chi connectivity index (χ1) is 31.3. The Labute approximate surface area is 388 Å². The van der Waals surface area contributed by atoms with Crippen LogP contribution in [0.3, 0.4) is 0 Å². The number of aliphatic carboxylic acids is 1. The zero-order valence-corrected chi connectivity index (χ0v) is 38.6. The van der Waals surface area contributed by atoms with Crippen molar-refractivity contribution < 1.29 is 77.9 Å². The smallest absolute Gasteiger partial charge is 0.379 e. The molecule has 8 rings (SSSR count). The summed E-state index contributed by atoms with van der Waals surface area (Å²) in [7, 11) is 0. The summed E-state index contributed by atoms with van der Waals surface area (Å²) in [6.07, 6.45) is 6.18. The lowest BCUT2D eigenvalue weighted by atomic mass is 9.55. The van der Waals surface area contributed by atoms with Crippen LogP contribution in [0.5, 0.6) is 5.75 Å². The number of halogens is 1. The van der Waals surface area contributed by atoms with Crippen LogP contribution in [0.2, 0.25) is 5.02 Å². The molecule has 16 nitrogen and oxygen atoms in total. The number of aromatic hydroxyl groups is 1. The molecule has 1 aromatic rings. The number of hydrogen-bond donors (Lipinski definition) is 5. The molecule has 4 heterocycles. The predicted molar refractivity (Wildman–Crippen MR) is 233 cm³/mol. The number of aliphatic hydroxyl groups is 3. The zero-order chi connectivity index (χ0) is 47.4. The minimum atomic E-state index is -1.62. The van der Waals surface area contributed by atoms with Crippen molar-refractivity contribution in [2.45, 2.75) is 160 Å². The fourth-order valence-corrected chi connectivity index (χ4v) is 11.7. The van der Waals surface area contributed by atoms with E-state index in [1.807, 2.05) is 19.1 Å². The summed E-state index contributed by atoms with van der Waals surface area (Å²) in [4.78, 5) is 53.6. The second-order valence-corrected chi connectivity index (χ2v) is 19.8. The van der Waals surface area contributed by atoms with Gasteiger partial charge in [0.2, 0.25) is 0 Å². The maximum Gasteiger partial charge on any atom is 0.379 e. The molecular formula is C49H61ClO16. The molecule has 5 N–H and O–H groups in total. The van der Waals surface area contributed by atoms with E-state index in [4.69, 9.17) is 44.8 Å². The number of phenols is 1. The molecule has 16 atom stereocenters. The average Bonchev–Trinajstić information content (AvgIpc) is 3.48. The second kappa shape index (κ2) is 19.0. The van der Waals surface area contributed by atoms with Gasteiger partial charge in [-0.3, -0.25) is 4.79 Å². The Bertz CT molecular complexity index is 2190. The maximum atomic E-state index is 14.7. The van der Waals surface area contributed by atoms with Gasteiger partial charge in [0.05, 0.1) is 29.8 Å². The summed E-state index contributed by atoms with van der Waals surface area (Å²) in [5, 5.41) is 54.7. The summed E-state index contributed by atoms with van der Waals surface area (Å²) in [6.45, 7) is 8.47. The fourth-order valence-electron chi connectivity index (χ4n) is 11.5. The van der Waals surface area contributed by atoms with Gasteiger partial charge in [-0.1, -0.05) is 61.7 Å². The third-order valence-electron chi connectivity index (χ3n) is 15.2. The van der Waals surface area contributed by atoms with Gasteiger partial charge in [-0.05, 0) is 95.2 Å². The van der Waals surface area contributed by atoms with Crippen LogP contribution in [0.4, 0.5) is 0 Å². The number of carboxylic acid groups (broad SMARTS) is 1. The van der Waals surface area contributed by atoms with Crippen LogP contribution >= 0.6 is 11.6 Å². The van der Waals surface area contributed by atoms with Crippen molar-refractivity contribution in [2.24, 2.45) is 35.0 Å². The number of carboxylic acids is 1. The van der Waals surface area contributed by atoms with Gasteiger partial charge in [0.25, 0.3) is 5.76 Å². The molecule has 0 radical (unpaired) electrons. The lowest BCUT2D eigenvalue weighted by Crippen LogP contribution is -2.56. The Morgan fingerprint density at radius 3 is 2.38 bits per heavy atom. The number of fused-ring (bicyclic) bond motifs is 3. The second-order valence-electron chi connectivity index (χ2n) is 19.4. The summed E-state index contributed by atoms with van der Waals surface area (Å²) in [6, 6.07) is 2.75. The Morgan fingerprint density at radius 1 is 0.894 bits per heavy atom. The van der Waals surface area contributed by atoms with Crippen LogP contribution in [0, 0.1) is 41.9 Å². The SMILES string of the molecule is Cc1c(Cl)ccc(O)c1C(=O)O[C@@H]1C[C@H](O[C@H]2[C@H](O)C[C@H](O[C@H]3CCC[C@@H]4[C@@H]3C=C[C@H]3CCCC/C=C\[C@@H]5C=C(C(=O)O)[C@H](C)CC56OC(=O)C(=C6O)OC(=O)[C@@]43C)O[C@@H]2C)O[C@H](C)[C@H]1O. The average molecular weight is 941 g/mol. The molecule has 1 saturated carbocycles. The largest absolute Gasteiger partial charge is 0.507 e. The number of phenolic OH excluding ortho intramolecular Hbond substituents is 1. The van der Waals surface area contributed by atoms with E-state index in [0.29, 0.717) is 37.7 Å². The first kappa shape index (κ1) is 48.2. The summed E-state index contributed by atoms with van der Waals surface area (Å²) >= 11 is 6.19. The van der Waals surface area contributed by atoms with E-state index in [9.17, 15) is 44.7 Å². The highest BCUT2D eigenvalue weighted by atomic mass is 35.5. The van der Waals surface area contributed by atoms with Gasteiger partial charge in [0.15, 0.2) is 23.9 Å². The van der Waals surface area contributed by atoms with Crippen molar-refractivity contribution in [1.82, 2.24) is 0 Å². The number of hydrogen-bond acceptors (Lipinski definition) is 15. The molecule has 17 heteroatoms. The lowest BCUT2D eigenvalue weighted by Gasteiger charge is -2.51. The molecule has 3 fully saturated rings. The van der Waals surface area contributed by atoms with E-state index < -0.39 is 114 Å². The van der Waals surface area contributed by atoms with Crippen molar-refractivity contribution in [1.29, 1.82) is 0 Å². The number of carbonyl (C=O) groups is 4. The minimum absolute atomic E-state index is 0.0120. The maximum absolute atomic E-state index is 14.7. The zero-order valence-electron chi connectivity index (χ0n) is 37.8. The number of ether oxygens (including phenoxy) is 7. The number of carbonyl (C=O) groups excluding carboxylic acids is 3. The molecule has 4 aliphatic heterocycles. The van der Waals surface area contributed by atoms with Gasteiger partial charge < -0.3 is 58.7 Å². The van der Waals surface area contributed by atoms with Crippen LogP contribution in [0.1, 0.15) is 108 Å². The highest BCUT2D eigenvalue weighted by Gasteiger charge is 2.60. The topological polar surface area (TPSA) is 234 Å². The first-order valence-electron chi connectivity index (χ1n) is 23.2. The molecule has 7 aliphatic rings. The summed E-state index contributed by atoms with van der Waals surface area (Å²) < 4.78 is 42.8. The van der Waals surface area contributed by atoms with E-state index in [1.54, 1.807) is 33.8 Å². The Morgan fingerprint density at radius 2 is 1.64 bits per heavy atom. The molecule has 3 aliphatic carbocycles. The molecule has 2 saturated heterocycles. The van der Waals surface area contributed by atoms with E-state index in [2.05, 4.69) is 6.08 Å². The van der Waals surface area contributed by atoms with Crippen LogP contribution in [-0.2, 0) is 47.5 Å². The Kier molecular flexibility index (Phi) is 13.9. The highest BCUT2D eigenvalue weighted by Crippen LogP contribution is 2.55. The molecule has 360 valence electrons. The van der Waals surface area contributed by atoms with E-state index >= 15 is 0 Å². The van der Waals surface area contributed by atoms with Gasteiger partial charge in [-0.2, -0.15) is 0 Å². The lowest BCUT2D eigenvalue weighted by molar-refractivity contribution is -0.318. The number of rotatable bonds is 7. The fraction of sp³-hybridized carbons (Fsp3) is 0.633.